The van der Waals surface area contributed by atoms with Crippen LogP contribution >= 0.6 is 0 Å². The fourth-order valence-electron chi connectivity index (χ4n) is 3.58. The lowest BCUT2D eigenvalue weighted by Crippen LogP contribution is -2.05. The molecule has 0 spiro atoms. The molecule has 1 aliphatic heterocycles. The molecule has 4 aromatic carbocycles. The standard InChI is InChI=1S/C29H20FNO3/c30-25-8-4-5-21(17-25)19-33-26-15-9-20(10-16-26)18-27-29(32)34-28(31-27)24-13-11-23(12-14-24)22-6-2-1-3-7-22/h1-18H,19H2/b27-18-. The Balaban J connectivity index is 1.27. The predicted octanol–water partition coefficient (Wildman–Crippen LogP) is 6.42. The first kappa shape index (κ1) is 21.3. The molecule has 4 nitrogen and oxygen atoms in total. The molecule has 0 atom stereocenters. The van der Waals surface area contributed by atoms with Crippen molar-refractivity contribution < 1.29 is 18.7 Å². The summed E-state index contributed by atoms with van der Waals surface area (Å²) in [4.78, 5) is 16.7. The minimum Gasteiger partial charge on any atom is -0.489 e. The molecular formula is C29H20FNO3. The van der Waals surface area contributed by atoms with Crippen LogP contribution in [-0.2, 0) is 16.1 Å². The third-order valence-electron chi connectivity index (χ3n) is 5.34. The predicted molar refractivity (Wildman–Crippen MR) is 130 cm³/mol. The van der Waals surface area contributed by atoms with Gasteiger partial charge in [0.2, 0.25) is 5.90 Å². The molecule has 0 aliphatic carbocycles. The van der Waals surface area contributed by atoms with Gasteiger partial charge in [-0.2, -0.15) is 0 Å². The number of hydrogen-bond acceptors (Lipinski definition) is 4. The molecule has 4 aromatic rings. The Kier molecular flexibility index (Phi) is 5.99. The van der Waals surface area contributed by atoms with E-state index in [4.69, 9.17) is 9.47 Å². The van der Waals surface area contributed by atoms with Crippen LogP contribution in [-0.4, -0.2) is 11.9 Å². The first-order chi connectivity index (χ1) is 16.6. The van der Waals surface area contributed by atoms with Crippen molar-refractivity contribution in [2.75, 3.05) is 0 Å². The molecule has 0 fully saturated rings. The fraction of sp³-hybridized carbons (Fsp3) is 0.0345. The van der Waals surface area contributed by atoms with Crippen molar-refractivity contribution in [1.82, 2.24) is 0 Å². The van der Waals surface area contributed by atoms with E-state index in [9.17, 15) is 9.18 Å². The normalized spacial score (nSPS) is 14.1. The minimum absolute atomic E-state index is 0.232. The molecule has 0 saturated carbocycles. The monoisotopic (exact) mass is 449 g/mol. The van der Waals surface area contributed by atoms with E-state index in [1.54, 1.807) is 30.3 Å². The Hall–Kier alpha value is -4.51. The average molecular weight is 449 g/mol. The fourth-order valence-corrected chi connectivity index (χ4v) is 3.58. The molecule has 5 heteroatoms. The van der Waals surface area contributed by atoms with Crippen LogP contribution in [0.5, 0.6) is 5.75 Å². The SMILES string of the molecule is O=C1OC(c2ccc(-c3ccccc3)cc2)=N/C1=C\c1ccc(OCc2cccc(F)c2)cc1. The number of halogens is 1. The van der Waals surface area contributed by atoms with Crippen LogP contribution in [0.1, 0.15) is 16.7 Å². The second-order valence-corrected chi connectivity index (χ2v) is 7.77. The number of esters is 1. The number of cyclic esters (lactones) is 1. The summed E-state index contributed by atoms with van der Waals surface area (Å²) in [6, 6.07) is 31.3. The Morgan fingerprint density at radius 3 is 2.24 bits per heavy atom. The van der Waals surface area contributed by atoms with Crippen LogP contribution in [0.25, 0.3) is 17.2 Å². The van der Waals surface area contributed by atoms with Gasteiger partial charge in [0.15, 0.2) is 5.70 Å². The zero-order chi connectivity index (χ0) is 23.3. The minimum atomic E-state index is -0.492. The van der Waals surface area contributed by atoms with E-state index < -0.39 is 5.97 Å². The van der Waals surface area contributed by atoms with Gasteiger partial charge in [-0.1, -0.05) is 66.7 Å². The Labute approximate surface area is 196 Å². The maximum absolute atomic E-state index is 13.3. The number of carbonyl (C=O) groups excluding carboxylic acids is 1. The Morgan fingerprint density at radius 1 is 0.794 bits per heavy atom. The van der Waals surface area contributed by atoms with Crippen LogP contribution in [0.2, 0.25) is 0 Å². The summed E-state index contributed by atoms with van der Waals surface area (Å²) in [5, 5.41) is 0. The molecule has 0 bridgehead atoms. The van der Waals surface area contributed by atoms with Crippen molar-refractivity contribution in [3.05, 3.63) is 131 Å². The molecule has 0 N–H and O–H groups in total. The summed E-state index contributed by atoms with van der Waals surface area (Å²) in [6.45, 7) is 0.265. The van der Waals surface area contributed by atoms with Gasteiger partial charge in [0.05, 0.1) is 0 Å². The molecule has 0 amide bonds. The summed E-state index contributed by atoms with van der Waals surface area (Å²) >= 11 is 0. The lowest BCUT2D eigenvalue weighted by Gasteiger charge is -2.06. The third kappa shape index (κ3) is 4.94. The largest absolute Gasteiger partial charge is 0.489 e. The highest BCUT2D eigenvalue weighted by atomic mass is 19.1. The van der Waals surface area contributed by atoms with Gasteiger partial charge in [0, 0.05) is 5.56 Å². The molecule has 0 aromatic heterocycles. The van der Waals surface area contributed by atoms with Crippen molar-refractivity contribution in [3.8, 4) is 16.9 Å². The van der Waals surface area contributed by atoms with Gasteiger partial charge in [-0.25, -0.2) is 14.2 Å². The first-order valence-corrected chi connectivity index (χ1v) is 10.8. The molecule has 34 heavy (non-hydrogen) atoms. The highest BCUT2D eigenvalue weighted by Crippen LogP contribution is 2.24. The van der Waals surface area contributed by atoms with E-state index in [0.717, 1.165) is 27.8 Å². The zero-order valence-corrected chi connectivity index (χ0v) is 18.1. The number of ether oxygens (including phenoxy) is 2. The lowest BCUT2D eigenvalue weighted by atomic mass is 10.0. The maximum atomic E-state index is 13.3. The number of rotatable bonds is 6. The zero-order valence-electron chi connectivity index (χ0n) is 18.1. The second-order valence-electron chi connectivity index (χ2n) is 7.77. The molecular weight excluding hydrogens is 429 g/mol. The van der Waals surface area contributed by atoms with Crippen molar-refractivity contribution in [2.45, 2.75) is 6.61 Å². The first-order valence-electron chi connectivity index (χ1n) is 10.8. The second kappa shape index (κ2) is 9.55. The Bertz CT molecular complexity index is 1380. The van der Waals surface area contributed by atoms with Crippen molar-refractivity contribution in [2.24, 2.45) is 4.99 Å². The number of hydrogen-bond donors (Lipinski definition) is 0. The number of aliphatic imine (C=N–C) groups is 1. The molecule has 1 heterocycles. The van der Waals surface area contributed by atoms with Gasteiger partial charge >= 0.3 is 5.97 Å². The topological polar surface area (TPSA) is 47.9 Å². The van der Waals surface area contributed by atoms with Gasteiger partial charge in [0.25, 0.3) is 0 Å². The van der Waals surface area contributed by atoms with E-state index in [1.165, 1.54) is 12.1 Å². The smallest absolute Gasteiger partial charge is 0.363 e. The summed E-state index contributed by atoms with van der Waals surface area (Å²) < 4.78 is 24.4. The molecule has 166 valence electrons. The lowest BCUT2D eigenvalue weighted by molar-refractivity contribution is -0.129. The summed E-state index contributed by atoms with van der Waals surface area (Å²) in [5.74, 6) is 0.140. The highest BCUT2D eigenvalue weighted by molar-refractivity contribution is 6.13. The van der Waals surface area contributed by atoms with E-state index >= 15 is 0 Å². The molecule has 0 saturated heterocycles. The quantitative estimate of drug-likeness (QED) is 0.252. The van der Waals surface area contributed by atoms with Gasteiger partial charge in [-0.05, 0) is 64.7 Å². The number of carbonyl (C=O) groups is 1. The van der Waals surface area contributed by atoms with E-state index in [-0.39, 0.29) is 24.0 Å². The van der Waals surface area contributed by atoms with Crippen LogP contribution in [0.3, 0.4) is 0 Å². The molecule has 1 aliphatic rings. The average Bonchev–Trinajstić information content (AvgIpc) is 3.24. The van der Waals surface area contributed by atoms with E-state index in [0.29, 0.717) is 5.75 Å². The van der Waals surface area contributed by atoms with Crippen LogP contribution in [0.4, 0.5) is 4.39 Å². The Morgan fingerprint density at radius 2 is 1.50 bits per heavy atom. The molecule has 0 unspecified atom stereocenters. The van der Waals surface area contributed by atoms with Crippen LogP contribution in [0, 0.1) is 5.82 Å². The van der Waals surface area contributed by atoms with E-state index in [2.05, 4.69) is 4.99 Å². The maximum Gasteiger partial charge on any atom is 0.363 e. The molecule has 5 rings (SSSR count). The van der Waals surface area contributed by atoms with Gasteiger partial charge < -0.3 is 9.47 Å². The molecule has 0 radical (unpaired) electrons. The summed E-state index contributed by atoms with van der Waals surface area (Å²) in [6.07, 6.45) is 1.67. The van der Waals surface area contributed by atoms with Crippen molar-refractivity contribution >= 4 is 17.9 Å². The van der Waals surface area contributed by atoms with Crippen LogP contribution in [0.15, 0.2) is 114 Å². The van der Waals surface area contributed by atoms with Crippen molar-refractivity contribution in [3.63, 3.8) is 0 Å². The highest BCUT2D eigenvalue weighted by Gasteiger charge is 2.24. The van der Waals surface area contributed by atoms with Gasteiger partial charge in [-0.15, -0.1) is 0 Å². The third-order valence-corrected chi connectivity index (χ3v) is 5.34. The van der Waals surface area contributed by atoms with Gasteiger partial charge in [0.1, 0.15) is 18.2 Å². The van der Waals surface area contributed by atoms with E-state index in [1.807, 2.05) is 66.7 Å². The van der Waals surface area contributed by atoms with Crippen molar-refractivity contribution in [1.29, 1.82) is 0 Å². The van der Waals surface area contributed by atoms with Crippen LogP contribution < -0.4 is 4.74 Å². The number of nitrogens with zero attached hydrogens (tertiary/aromatic N) is 1. The summed E-state index contributed by atoms with van der Waals surface area (Å²) in [5.41, 5.74) is 4.69. The van der Waals surface area contributed by atoms with Gasteiger partial charge in [-0.3, -0.25) is 0 Å². The summed E-state index contributed by atoms with van der Waals surface area (Å²) in [7, 11) is 0. The number of benzene rings is 4.